The first-order valence-electron chi connectivity index (χ1n) is 14.6. The maximum Gasteiger partial charge on any atom is 0.248 e. The van der Waals surface area contributed by atoms with Crippen LogP contribution in [0.25, 0.3) is 6.08 Å². The van der Waals surface area contributed by atoms with E-state index in [1.165, 1.54) is 0 Å². The number of pyridine rings is 1. The van der Waals surface area contributed by atoms with Crippen LogP contribution in [0.15, 0.2) is 17.8 Å². The number of hydrogen-bond donors (Lipinski definition) is 2. The topological polar surface area (TPSA) is 134 Å². The number of fused-ring (bicyclic) bond motifs is 1. The van der Waals surface area contributed by atoms with Gasteiger partial charge in [-0.15, -0.1) is 0 Å². The minimum Gasteiger partial charge on any atom is -0.476 e. The van der Waals surface area contributed by atoms with Crippen molar-refractivity contribution in [3.63, 3.8) is 0 Å². The average molecular weight is 550 g/mol. The molecule has 5 rings (SSSR count). The molecule has 1 aromatic heterocycles. The van der Waals surface area contributed by atoms with Crippen molar-refractivity contribution in [1.82, 2.24) is 20.5 Å². The van der Waals surface area contributed by atoms with Crippen molar-refractivity contribution >= 4 is 23.7 Å². The van der Waals surface area contributed by atoms with Crippen molar-refractivity contribution in [2.75, 3.05) is 46.0 Å². The summed E-state index contributed by atoms with van der Waals surface area (Å²) in [5, 5.41) is 15.5. The van der Waals surface area contributed by atoms with E-state index in [2.05, 4.69) is 26.6 Å². The number of nitriles is 1. The van der Waals surface area contributed by atoms with Crippen LogP contribution in [-0.2, 0) is 25.5 Å². The summed E-state index contributed by atoms with van der Waals surface area (Å²) in [6, 6.07) is 3.47. The van der Waals surface area contributed by atoms with Gasteiger partial charge in [0.2, 0.25) is 17.7 Å². The highest BCUT2D eigenvalue weighted by molar-refractivity contribution is 6.02. The molecule has 1 aromatic rings. The minimum absolute atomic E-state index is 0.0327. The zero-order valence-corrected chi connectivity index (χ0v) is 23.0. The van der Waals surface area contributed by atoms with Gasteiger partial charge in [0, 0.05) is 62.8 Å². The number of Topliss-reactive ketones (excluding diaryl/α,β-unsaturated/α-hetero) is 1. The number of nitrogens with zero attached hydrogens (tertiary/aromatic N) is 3. The molecule has 10 nitrogen and oxygen atoms in total. The van der Waals surface area contributed by atoms with Crippen LogP contribution in [-0.4, -0.2) is 79.5 Å². The van der Waals surface area contributed by atoms with Gasteiger partial charge < -0.3 is 20.1 Å². The molecule has 3 fully saturated rings. The largest absolute Gasteiger partial charge is 0.476 e. The Bertz CT molecular complexity index is 1170. The van der Waals surface area contributed by atoms with Gasteiger partial charge in [-0.1, -0.05) is 12.8 Å². The number of carbonyl (C=O) groups is 3. The van der Waals surface area contributed by atoms with E-state index in [9.17, 15) is 19.6 Å². The second kappa shape index (κ2) is 13.4. The summed E-state index contributed by atoms with van der Waals surface area (Å²) >= 11 is 0. The second-order valence-electron chi connectivity index (χ2n) is 11.4. The van der Waals surface area contributed by atoms with E-state index in [0.29, 0.717) is 49.8 Å². The highest BCUT2D eigenvalue weighted by Gasteiger charge is 2.34. The van der Waals surface area contributed by atoms with Crippen LogP contribution in [0, 0.1) is 29.1 Å². The Hall–Kier alpha value is -3.29. The van der Waals surface area contributed by atoms with Crippen molar-refractivity contribution in [2.24, 2.45) is 17.8 Å². The quantitative estimate of drug-likeness (QED) is 0.382. The molecular formula is C30H39N5O5. The number of aromatic nitrogens is 1. The zero-order valence-electron chi connectivity index (χ0n) is 23.0. The zero-order chi connectivity index (χ0) is 27.9. The van der Waals surface area contributed by atoms with Crippen LogP contribution >= 0.6 is 0 Å². The lowest BCUT2D eigenvalue weighted by atomic mass is 9.85. The molecule has 2 amide bonds. The van der Waals surface area contributed by atoms with E-state index in [1.807, 2.05) is 12.1 Å². The number of hydrogen-bond acceptors (Lipinski definition) is 8. The van der Waals surface area contributed by atoms with Crippen molar-refractivity contribution in [1.29, 1.82) is 5.26 Å². The standard InChI is InChI=1S/C30H39N5O5/c31-18-21(12-22-2-1-5-32-29(22)37)14-27(36)26(13-20-3-4-20)34-30(38)24-15-23-17-28(33-19-25(23)16-24)40-11-8-35-6-9-39-10-7-35/h15,17,19-22,26H,1-14,16H2,(H,32,37)(H,34,38). The van der Waals surface area contributed by atoms with Gasteiger partial charge in [-0.25, -0.2) is 4.98 Å². The Kier molecular flexibility index (Phi) is 9.45. The molecule has 2 aliphatic heterocycles. The van der Waals surface area contributed by atoms with E-state index in [1.54, 1.807) is 6.20 Å². The lowest BCUT2D eigenvalue weighted by Crippen LogP contribution is -2.43. The Morgan fingerprint density at radius 2 is 2.08 bits per heavy atom. The molecular weight excluding hydrogens is 510 g/mol. The van der Waals surface area contributed by atoms with Crippen LogP contribution in [0.2, 0.25) is 0 Å². The average Bonchev–Trinajstić information content (AvgIpc) is 3.68. The molecule has 0 spiro atoms. The van der Waals surface area contributed by atoms with Gasteiger partial charge in [-0.3, -0.25) is 19.3 Å². The number of rotatable bonds is 13. The second-order valence-corrected chi connectivity index (χ2v) is 11.4. The molecule has 4 aliphatic rings. The van der Waals surface area contributed by atoms with Gasteiger partial charge in [0.25, 0.3) is 0 Å². The smallest absolute Gasteiger partial charge is 0.248 e. The number of nitrogens with one attached hydrogen (secondary N) is 2. The number of carbonyl (C=O) groups excluding carboxylic acids is 3. The molecule has 2 N–H and O–H groups in total. The number of ether oxygens (including phenoxy) is 2. The predicted molar refractivity (Wildman–Crippen MR) is 147 cm³/mol. The summed E-state index contributed by atoms with van der Waals surface area (Å²) in [5.74, 6) is -0.234. The molecule has 214 valence electrons. The number of piperidine rings is 1. The number of morpholine rings is 1. The fraction of sp³-hybridized carbons (Fsp3) is 0.633. The van der Waals surface area contributed by atoms with E-state index >= 15 is 0 Å². The Morgan fingerprint density at radius 3 is 2.83 bits per heavy atom. The summed E-state index contributed by atoms with van der Waals surface area (Å²) < 4.78 is 11.2. The summed E-state index contributed by atoms with van der Waals surface area (Å²) in [6.45, 7) is 5.31. The summed E-state index contributed by atoms with van der Waals surface area (Å²) in [7, 11) is 0. The number of ketones is 1. The molecule has 1 saturated carbocycles. The predicted octanol–water partition coefficient (Wildman–Crippen LogP) is 2.03. The highest BCUT2D eigenvalue weighted by Crippen LogP contribution is 2.35. The van der Waals surface area contributed by atoms with Gasteiger partial charge >= 0.3 is 0 Å². The van der Waals surface area contributed by atoms with Crippen LogP contribution in [0.1, 0.15) is 56.1 Å². The molecule has 3 atom stereocenters. The molecule has 40 heavy (non-hydrogen) atoms. The maximum atomic E-state index is 13.3. The lowest BCUT2D eigenvalue weighted by molar-refractivity contribution is -0.128. The summed E-state index contributed by atoms with van der Waals surface area (Å²) in [5.41, 5.74) is 2.44. The van der Waals surface area contributed by atoms with Gasteiger partial charge in [-0.05, 0) is 48.8 Å². The van der Waals surface area contributed by atoms with Crippen molar-refractivity contribution in [2.45, 2.75) is 57.4 Å². The van der Waals surface area contributed by atoms with Gasteiger partial charge in [0.05, 0.1) is 31.2 Å². The van der Waals surface area contributed by atoms with Gasteiger partial charge in [0.1, 0.15) is 6.61 Å². The van der Waals surface area contributed by atoms with Crippen molar-refractivity contribution in [3.05, 3.63) is 29.0 Å². The SMILES string of the molecule is N#CC(CC(=O)C(CC1CC1)NC(=O)C1=Cc2cc(OCCN3CCOCC3)ncc2C1)CC1CCCNC1=O. The van der Waals surface area contributed by atoms with E-state index in [4.69, 9.17) is 9.47 Å². The third-order valence-corrected chi connectivity index (χ3v) is 8.32. The first kappa shape index (κ1) is 28.2. The van der Waals surface area contributed by atoms with Crippen LogP contribution < -0.4 is 15.4 Å². The van der Waals surface area contributed by atoms with E-state index in [0.717, 1.165) is 69.7 Å². The lowest BCUT2D eigenvalue weighted by Gasteiger charge is -2.26. The monoisotopic (exact) mass is 549 g/mol. The fourth-order valence-corrected chi connectivity index (χ4v) is 5.71. The molecule has 0 bridgehead atoms. The molecule has 3 unspecified atom stereocenters. The molecule has 0 radical (unpaired) electrons. The van der Waals surface area contributed by atoms with E-state index in [-0.39, 0.29) is 29.9 Å². The summed E-state index contributed by atoms with van der Waals surface area (Å²) in [6.07, 6.45) is 8.80. The van der Waals surface area contributed by atoms with Crippen LogP contribution in [0.5, 0.6) is 5.88 Å². The minimum atomic E-state index is -0.627. The number of amides is 2. The Morgan fingerprint density at radius 1 is 1.25 bits per heavy atom. The van der Waals surface area contributed by atoms with Gasteiger partial charge in [-0.2, -0.15) is 5.26 Å². The van der Waals surface area contributed by atoms with Crippen molar-refractivity contribution in [3.8, 4) is 11.9 Å². The molecule has 0 aromatic carbocycles. The highest BCUT2D eigenvalue weighted by atomic mass is 16.5. The molecule has 2 saturated heterocycles. The third kappa shape index (κ3) is 7.67. The Labute approximate surface area is 235 Å². The van der Waals surface area contributed by atoms with Crippen LogP contribution in [0.4, 0.5) is 0 Å². The first-order chi connectivity index (χ1) is 19.5. The van der Waals surface area contributed by atoms with Gasteiger partial charge in [0.15, 0.2) is 5.78 Å². The molecule has 3 heterocycles. The summed E-state index contributed by atoms with van der Waals surface area (Å²) in [4.78, 5) is 45.4. The maximum absolute atomic E-state index is 13.3. The fourth-order valence-electron chi connectivity index (χ4n) is 5.71. The van der Waals surface area contributed by atoms with Crippen LogP contribution in [0.3, 0.4) is 0 Å². The van der Waals surface area contributed by atoms with E-state index < -0.39 is 12.0 Å². The first-order valence-corrected chi connectivity index (χ1v) is 14.6. The molecule has 10 heteroatoms. The third-order valence-electron chi connectivity index (χ3n) is 8.32. The Balaban J connectivity index is 1.15. The molecule has 2 aliphatic carbocycles. The normalized spacial score (nSPS) is 22.3. The van der Waals surface area contributed by atoms with Crippen molar-refractivity contribution < 1.29 is 23.9 Å².